The van der Waals surface area contributed by atoms with Crippen molar-refractivity contribution in [1.29, 1.82) is 0 Å². The first kappa shape index (κ1) is 28.2. The smallest absolute Gasteiger partial charge is 0.414 e. The van der Waals surface area contributed by atoms with Gasteiger partial charge in [0.25, 0.3) is 0 Å². The van der Waals surface area contributed by atoms with Crippen LogP contribution in [0.25, 0.3) is 0 Å². The maximum absolute atomic E-state index is 14.2. The number of benzene rings is 3. The number of rotatable bonds is 7. The fourth-order valence-corrected chi connectivity index (χ4v) is 5.93. The van der Waals surface area contributed by atoms with Crippen LogP contribution in [0, 0.1) is 5.82 Å². The van der Waals surface area contributed by atoms with Crippen molar-refractivity contribution in [1.82, 2.24) is 4.90 Å². The van der Waals surface area contributed by atoms with Crippen molar-refractivity contribution in [2.45, 2.75) is 77.5 Å². The van der Waals surface area contributed by atoms with E-state index in [4.69, 9.17) is 9.47 Å². The van der Waals surface area contributed by atoms with Gasteiger partial charge in [0, 0.05) is 24.6 Å². The lowest BCUT2D eigenvalue weighted by Crippen LogP contribution is -2.46. The summed E-state index contributed by atoms with van der Waals surface area (Å²) in [5, 5.41) is 0. The molecule has 0 bridgehead atoms. The molecule has 1 amide bonds. The van der Waals surface area contributed by atoms with Crippen LogP contribution in [0.15, 0.2) is 66.7 Å². The molecule has 0 N–H and O–H groups in total. The van der Waals surface area contributed by atoms with Crippen molar-refractivity contribution in [3.63, 3.8) is 0 Å². The molecular weight excluding hydrogens is 503 g/mol. The number of likely N-dealkylation sites (tertiary alicyclic amines) is 1. The van der Waals surface area contributed by atoms with E-state index in [0.29, 0.717) is 18.9 Å². The Morgan fingerprint density at radius 3 is 2.35 bits per heavy atom. The van der Waals surface area contributed by atoms with Crippen LogP contribution in [-0.2, 0) is 29.7 Å². The Kier molecular flexibility index (Phi) is 8.18. The highest BCUT2D eigenvalue weighted by Gasteiger charge is 2.47. The number of para-hydroxylation sites is 1. The molecule has 2 heterocycles. The number of fused-ring (bicyclic) bond motifs is 2. The van der Waals surface area contributed by atoms with Gasteiger partial charge in [-0.15, -0.1) is 0 Å². The van der Waals surface area contributed by atoms with Crippen molar-refractivity contribution >= 4 is 11.8 Å². The Morgan fingerprint density at radius 2 is 1.68 bits per heavy atom. The van der Waals surface area contributed by atoms with E-state index in [2.05, 4.69) is 41.3 Å². The van der Waals surface area contributed by atoms with E-state index in [0.717, 1.165) is 62.1 Å². The molecule has 2 aliphatic rings. The van der Waals surface area contributed by atoms with Gasteiger partial charge in [0.05, 0.1) is 5.69 Å². The van der Waals surface area contributed by atoms with Crippen LogP contribution >= 0.6 is 0 Å². The topological polar surface area (TPSA) is 42.0 Å². The number of hydrogen-bond donors (Lipinski definition) is 0. The van der Waals surface area contributed by atoms with Crippen molar-refractivity contribution in [2.75, 3.05) is 24.5 Å². The standard InChI is InChI=1S/C34H41FN2O3/c1-5-8-27-15-16-28(21-30(27)35)39-23-26-13-11-25(12-14-26)22-36-19-17-34(18-20-36)24-37(32(38)40-33(2,3)4)31-10-7-6-9-29(31)34/h6-7,9-16,21H,5,8,17-20,22-24H2,1-4H3. The molecule has 1 spiro atoms. The molecule has 0 aromatic heterocycles. The number of piperidine rings is 1. The van der Waals surface area contributed by atoms with Gasteiger partial charge in [0.15, 0.2) is 0 Å². The third kappa shape index (κ3) is 6.33. The molecule has 2 aliphatic heterocycles. The molecule has 0 unspecified atom stereocenters. The molecule has 5 nitrogen and oxygen atoms in total. The number of hydrogen-bond acceptors (Lipinski definition) is 4. The number of nitrogens with zero attached hydrogens (tertiary/aromatic N) is 2. The first-order chi connectivity index (χ1) is 19.2. The number of amides is 1. The lowest BCUT2D eigenvalue weighted by Gasteiger charge is -2.40. The molecule has 212 valence electrons. The lowest BCUT2D eigenvalue weighted by atomic mass is 9.74. The summed E-state index contributed by atoms with van der Waals surface area (Å²) in [7, 11) is 0. The highest BCUT2D eigenvalue weighted by molar-refractivity contribution is 5.91. The number of carbonyl (C=O) groups excluding carboxylic acids is 1. The fourth-order valence-electron chi connectivity index (χ4n) is 5.93. The van der Waals surface area contributed by atoms with Gasteiger partial charge in [-0.25, -0.2) is 9.18 Å². The van der Waals surface area contributed by atoms with Gasteiger partial charge in [-0.2, -0.15) is 0 Å². The molecule has 3 aromatic rings. The average Bonchev–Trinajstić information content (AvgIpc) is 3.24. The maximum atomic E-state index is 14.2. The van der Waals surface area contributed by atoms with Gasteiger partial charge in [-0.3, -0.25) is 9.80 Å². The molecule has 1 fully saturated rings. The summed E-state index contributed by atoms with van der Waals surface area (Å²) in [6, 6.07) is 22.0. The Labute approximate surface area is 237 Å². The quantitative estimate of drug-likeness (QED) is 0.306. The molecule has 3 aromatic carbocycles. The highest BCUT2D eigenvalue weighted by Crippen LogP contribution is 2.47. The van der Waals surface area contributed by atoms with E-state index in [1.54, 1.807) is 0 Å². The number of anilines is 1. The zero-order valence-corrected chi connectivity index (χ0v) is 24.2. The van der Waals surface area contributed by atoms with Crippen molar-refractivity contribution in [2.24, 2.45) is 0 Å². The lowest BCUT2D eigenvalue weighted by molar-refractivity contribution is 0.0570. The molecule has 40 heavy (non-hydrogen) atoms. The summed E-state index contributed by atoms with van der Waals surface area (Å²) in [5.41, 5.74) is 4.76. The first-order valence-corrected chi connectivity index (χ1v) is 14.5. The number of ether oxygens (including phenoxy) is 2. The van der Waals surface area contributed by atoms with Crippen LogP contribution < -0.4 is 9.64 Å². The summed E-state index contributed by atoms with van der Waals surface area (Å²) in [4.78, 5) is 17.4. The van der Waals surface area contributed by atoms with E-state index in [9.17, 15) is 9.18 Å². The summed E-state index contributed by atoms with van der Waals surface area (Å²) < 4.78 is 25.8. The van der Waals surface area contributed by atoms with Gasteiger partial charge in [0.2, 0.25) is 0 Å². The van der Waals surface area contributed by atoms with Crippen LogP contribution in [-0.4, -0.2) is 36.2 Å². The largest absolute Gasteiger partial charge is 0.489 e. The zero-order valence-electron chi connectivity index (χ0n) is 24.2. The predicted octanol–water partition coefficient (Wildman–Crippen LogP) is 7.65. The normalized spacial score (nSPS) is 16.7. The minimum Gasteiger partial charge on any atom is -0.489 e. The minimum absolute atomic E-state index is 0.0284. The van der Waals surface area contributed by atoms with Crippen molar-refractivity contribution in [3.8, 4) is 5.75 Å². The minimum atomic E-state index is -0.523. The molecule has 0 aliphatic carbocycles. The Bertz CT molecular complexity index is 1320. The number of aryl methyl sites for hydroxylation is 1. The molecular formula is C34H41FN2O3. The second-order valence-corrected chi connectivity index (χ2v) is 12.2. The van der Waals surface area contributed by atoms with E-state index in [1.807, 2.05) is 56.9 Å². The van der Waals surface area contributed by atoms with E-state index < -0.39 is 5.60 Å². The third-order valence-electron chi connectivity index (χ3n) is 8.03. The van der Waals surface area contributed by atoms with E-state index in [1.165, 1.54) is 17.2 Å². The van der Waals surface area contributed by atoms with Gasteiger partial charge < -0.3 is 9.47 Å². The summed E-state index contributed by atoms with van der Waals surface area (Å²) in [5.74, 6) is 0.360. The summed E-state index contributed by atoms with van der Waals surface area (Å²) >= 11 is 0. The molecule has 1 saturated heterocycles. The second kappa shape index (κ2) is 11.6. The van der Waals surface area contributed by atoms with Crippen molar-refractivity contribution in [3.05, 3.63) is 94.8 Å². The van der Waals surface area contributed by atoms with Crippen LogP contribution in [0.1, 0.15) is 69.2 Å². The van der Waals surface area contributed by atoms with Crippen molar-refractivity contribution < 1.29 is 18.7 Å². The molecule has 6 heteroatoms. The highest BCUT2D eigenvalue weighted by atomic mass is 19.1. The van der Waals surface area contributed by atoms with Gasteiger partial charge >= 0.3 is 6.09 Å². The predicted molar refractivity (Wildman–Crippen MR) is 157 cm³/mol. The van der Waals surface area contributed by atoms with E-state index >= 15 is 0 Å². The molecule has 0 atom stereocenters. The van der Waals surface area contributed by atoms with Gasteiger partial charge in [0.1, 0.15) is 23.8 Å². The molecule has 0 radical (unpaired) electrons. The van der Waals surface area contributed by atoms with Crippen LogP contribution in [0.2, 0.25) is 0 Å². The fraction of sp³-hybridized carbons (Fsp3) is 0.441. The monoisotopic (exact) mass is 544 g/mol. The third-order valence-corrected chi connectivity index (χ3v) is 8.03. The Balaban J connectivity index is 1.16. The first-order valence-electron chi connectivity index (χ1n) is 14.5. The number of halogens is 1. The summed E-state index contributed by atoms with van der Waals surface area (Å²) in [6.45, 7) is 11.7. The average molecular weight is 545 g/mol. The number of carbonyl (C=O) groups is 1. The molecule has 5 rings (SSSR count). The zero-order chi connectivity index (χ0) is 28.3. The van der Waals surface area contributed by atoms with Gasteiger partial charge in [-0.1, -0.05) is 61.9 Å². The maximum Gasteiger partial charge on any atom is 0.414 e. The second-order valence-electron chi connectivity index (χ2n) is 12.2. The van der Waals surface area contributed by atoms with Gasteiger partial charge in [-0.05, 0) is 87.5 Å². The van der Waals surface area contributed by atoms with E-state index in [-0.39, 0.29) is 17.3 Å². The van der Waals surface area contributed by atoms with Crippen LogP contribution in [0.5, 0.6) is 5.75 Å². The Morgan fingerprint density at radius 1 is 0.975 bits per heavy atom. The Hall–Kier alpha value is -3.38. The summed E-state index contributed by atoms with van der Waals surface area (Å²) in [6.07, 6.45) is 3.40. The van der Waals surface area contributed by atoms with Crippen LogP contribution in [0.4, 0.5) is 14.9 Å². The SMILES string of the molecule is CCCc1ccc(OCc2ccc(CN3CCC4(CC3)CN(C(=O)OC(C)(C)C)c3ccccc34)cc2)cc1F. The van der Waals surface area contributed by atoms with Crippen LogP contribution in [0.3, 0.4) is 0 Å². The molecule has 0 saturated carbocycles.